The van der Waals surface area contributed by atoms with Crippen LogP contribution in [-0.2, 0) is 10.2 Å². The van der Waals surface area contributed by atoms with Gasteiger partial charge in [-0.3, -0.25) is 4.79 Å². The molecule has 1 unspecified atom stereocenters. The van der Waals surface area contributed by atoms with E-state index in [4.69, 9.17) is 5.11 Å². The molecule has 1 saturated carbocycles. The SMILES string of the molecule is CN(C)c1ncccc1C1(C(=O)O)CC1(F)F. The molecule has 92 valence electrons. The summed E-state index contributed by atoms with van der Waals surface area (Å²) in [6, 6.07) is 2.87. The van der Waals surface area contributed by atoms with Gasteiger partial charge in [0, 0.05) is 32.3 Å². The third-order valence-corrected chi connectivity index (χ3v) is 3.02. The highest BCUT2D eigenvalue weighted by Crippen LogP contribution is 2.62. The smallest absolute Gasteiger partial charge is 0.320 e. The maximum absolute atomic E-state index is 13.4. The number of pyridine rings is 1. The van der Waals surface area contributed by atoms with E-state index in [0.29, 0.717) is 0 Å². The number of halogens is 2. The lowest BCUT2D eigenvalue weighted by molar-refractivity contribution is -0.142. The van der Waals surface area contributed by atoms with Crippen molar-refractivity contribution < 1.29 is 18.7 Å². The van der Waals surface area contributed by atoms with Crippen molar-refractivity contribution in [3.05, 3.63) is 23.9 Å². The predicted octanol–water partition coefficient (Wildman–Crippen LogP) is 1.51. The molecular weight excluding hydrogens is 230 g/mol. The van der Waals surface area contributed by atoms with E-state index in [1.165, 1.54) is 23.2 Å². The summed E-state index contributed by atoms with van der Waals surface area (Å²) in [6.07, 6.45) is 0.788. The van der Waals surface area contributed by atoms with Crippen molar-refractivity contribution in [3.63, 3.8) is 0 Å². The Hall–Kier alpha value is -1.72. The van der Waals surface area contributed by atoms with Gasteiger partial charge < -0.3 is 10.0 Å². The predicted molar refractivity (Wildman–Crippen MR) is 57.4 cm³/mol. The summed E-state index contributed by atoms with van der Waals surface area (Å²) in [5, 5.41) is 9.07. The first kappa shape index (κ1) is 11.8. The number of aliphatic carboxylic acids is 1. The molecule has 0 aliphatic heterocycles. The molecule has 0 aromatic carbocycles. The highest BCUT2D eigenvalue weighted by molar-refractivity contribution is 5.89. The van der Waals surface area contributed by atoms with Gasteiger partial charge in [0.15, 0.2) is 5.41 Å². The molecule has 1 aliphatic rings. The summed E-state index contributed by atoms with van der Waals surface area (Å²) in [5.74, 6) is -4.43. The second-order valence-electron chi connectivity index (χ2n) is 4.36. The molecule has 6 heteroatoms. The van der Waals surface area contributed by atoms with Crippen LogP contribution in [0.25, 0.3) is 0 Å². The molecule has 0 bridgehead atoms. The van der Waals surface area contributed by atoms with Gasteiger partial charge in [-0.1, -0.05) is 6.07 Å². The number of anilines is 1. The zero-order chi connectivity index (χ0) is 12.8. The standard InChI is InChI=1S/C11H12F2N2O2/c1-15(2)8-7(4-3-5-14-8)10(9(16)17)6-11(10,12)13/h3-5H,6H2,1-2H3,(H,16,17). The average molecular weight is 242 g/mol. The molecule has 1 heterocycles. The zero-order valence-electron chi connectivity index (χ0n) is 9.44. The van der Waals surface area contributed by atoms with Gasteiger partial charge in [0.25, 0.3) is 5.92 Å². The van der Waals surface area contributed by atoms with Gasteiger partial charge in [0.2, 0.25) is 0 Å². The monoisotopic (exact) mass is 242 g/mol. The third kappa shape index (κ3) is 1.47. The molecule has 17 heavy (non-hydrogen) atoms. The Morgan fingerprint density at radius 1 is 1.53 bits per heavy atom. The molecule has 1 fully saturated rings. The Kier molecular flexibility index (Phi) is 2.34. The minimum Gasteiger partial charge on any atom is -0.480 e. The Morgan fingerprint density at radius 2 is 2.12 bits per heavy atom. The molecule has 4 nitrogen and oxygen atoms in total. The van der Waals surface area contributed by atoms with E-state index >= 15 is 0 Å². The van der Waals surface area contributed by atoms with Crippen molar-refractivity contribution in [1.82, 2.24) is 4.98 Å². The van der Waals surface area contributed by atoms with Gasteiger partial charge in [0.1, 0.15) is 5.82 Å². The minimum absolute atomic E-state index is 0.0718. The fourth-order valence-corrected chi connectivity index (χ4v) is 2.01. The van der Waals surface area contributed by atoms with E-state index in [1.807, 2.05) is 0 Å². The quantitative estimate of drug-likeness (QED) is 0.872. The van der Waals surface area contributed by atoms with Gasteiger partial charge in [-0.15, -0.1) is 0 Å². The van der Waals surface area contributed by atoms with Gasteiger partial charge in [-0.2, -0.15) is 0 Å². The van der Waals surface area contributed by atoms with Crippen LogP contribution in [0.5, 0.6) is 0 Å². The van der Waals surface area contributed by atoms with Gasteiger partial charge in [0.05, 0.1) is 0 Å². The molecule has 0 radical (unpaired) electrons. The lowest BCUT2D eigenvalue weighted by atomic mass is 9.95. The van der Waals surface area contributed by atoms with Crippen LogP contribution in [0.1, 0.15) is 12.0 Å². The molecule has 1 aromatic heterocycles. The van der Waals surface area contributed by atoms with Crippen molar-refractivity contribution in [2.45, 2.75) is 17.8 Å². The van der Waals surface area contributed by atoms with Gasteiger partial charge >= 0.3 is 5.97 Å². The second kappa shape index (κ2) is 3.38. The first-order valence-electron chi connectivity index (χ1n) is 5.07. The summed E-state index contributed by atoms with van der Waals surface area (Å²) in [5.41, 5.74) is -2.04. The highest BCUT2D eigenvalue weighted by atomic mass is 19.3. The first-order valence-corrected chi connectivity index (χ1v) is 5.07. The molecule has 1 atom stereocenters. The maximum Gasteiger partial charge on any atom is 0.320 e. The average Bonchev–Trinajstić information content (AvgIpc) is 2.83. The lowest BCUT2D eigenvalue weighted by Gasteiger charge is -2.20. The van der Waals surface area contributed by atoms with E-state index in [-0.39, 0.29) is 11.4 Å². The van der Waals surface area contributed by atoms with E-state index in [2.05, 4.69) is 4.98 Å². The number of carbonyl (C=O) groups is 1. The van der Waals surface area contributed by atoms with Crippen molar-refractivity contribution >= 4 is 11.8 Å². The first-order chi connectivity index (χ1) is 7.83. The van der Waals surface area contributed by atoms with Crippen molar-refractivity contribution in [3.8, 4) is 0 Å². The van der Waals surface area contributed by atoms with E-state index in [9.17, 15) is 13.6 Å². The molecule has 2 rings (SSSR count). The largest absolute Gasteiger partial charge is 0.480 e. The van der Waals surface area contributed by atoms with Gasteiger partial charge in [-0.25, -0.2) is 13.8 Å². The van der Waals surface area contributed by atoms with Crippen molar-refractivity contribution in [1.29, 1.82) is 0 Å². The lowest BCUT2D eigenvalue weighted by Crippen LogP contribution is -2.29. The third-order valence-electron chi connectivity index (χ3n) is 3.02. The number of aromatic nitrogens is 1. The fraction of sp³-hybridized carbons (Fsp3) is 0.455. The van der Waals surface area contributed by atoms with Gasteiger partial charge in [-0.05, 0) is 6.07 Å². The number of carboxylic acids is 1. The summed E-state index contributed by atoms with van der Waals surface area (Å²) in [6.45, 7) is 0. The Bertz CT molecular complexity index is 476. The molecule has 1 aromatic rings. The molecule has 0 saturated heterocycles. The molecule has 1 aliphatic carbocycles. The Morgan fingerprint density at radius 3 is 2.53 bits per heavy atom. The number of nitrogens with zero attached hydrogens (tertiary/aromatic N) is 2. The summed E-state index contributed by atoms with van der Waals surface area (Å²) in [4.78, 5) is 16.6. The number of alkyl halides is 2. The van der Waals surface area contributed by atoms with Crippen LogP contribution in [-0.4, -0.2) is 36.1 Å². The zero-order valence-corrected chi connectivity index (χ0v) is 9.44. The minimum atomic E-state index is -3.20. The summed E-state index contributed by atoms with van der Waals surface area (Å²) in [7, 11) is 3.28. The normalized spacial score (nSPS) is 25.4. The van der Waals surface area contributed by atoms with Crippen LogP contribution >= 0.6 is 0 Å². The number of rotatable bonds is 3. The fourth-order valence-electron chi connectivity index (χ4n) is 2.01. The van der Waals surface area contributed by atoms with Crippen molar-refractivity contribution in [2.75, 3.05) is 19.0 Å². The molecule has 0 spiro atoms. The van der Waals surface area contributed by atoms with Crippen LogP contribution in [0.2, 0.25) is 0 Å². The van der Waals surface area contributed by atoms with Crippen LogP contribution in [0, 0.1) is 0 Å². The molecule has 0 amide bonds. The van der Waals surface area contributed by atoms with E-state index in [1.54, 1.807) is 14.1 Å². The van der Waals surface area contributed by atoms with Crippen LogP contribution < -0.4 is 4.90 Å². The van der Waals surface area contributed by atoms with E-state index < -0.39 is 23.7 Å². The number of hydrogen-bond acceptors (Lipinski definition) is 3. The number of carboxylic acid groups (broad SMARTS) is 1. The Balaban J connectivity index is 2.58. The van der Waals surface area contributed by atoms with Crippen molar-refractivity contribution in [2.24, 2.45) is 0 Å². The van der Waals surface area contributed by atoms with Crippen LogP contribution in [0.15, 0.2) is 18.3 Å². The Labute approximate surface area is 96.9 Å². The molecular formula is C11H12F2N2O2. The topological polar surface area (TPSA) is 53.4 Å². The molecule has 1 N–H and O–H groups in total. The van der Waals surface area contributed by atoms with Crippen LogP contribution in [0.3, 0.4) is 0 Å². The maximum atomic E-state index is 13.4. The second-order valence-corrected chi connectivity index (χ2v) is 4.36. The van der Waals surface area contributed by atoms with E-state index in [0.717, 1.165) is 0 Å². The number of hydrogen-bond donors (Lipinski definition) is 1. The summed E-state index contributed by atoms with van der Waals surface area (Å²) < 4.78 is 26.8. The van der Waals surface area contributed by atoms with Crippen LogP contribution in [0.4, 0.5) is 14.6 Å². The summed E-state index contributed by atoms with van der Waals surface area (Å²) >= 11 is 0. The highest BCUT2D eigenvalue weighted by Gasteiger charge is 2.78.